The zero-order chi connectivity index (χ0) is 23.3. The Bertz CT molecular complexity index is 1230. The monoisotopic (exact) mass is 438 g/mol. The SMILES string of the molecule is C=C=C(CNC(=O)c1ccn([C@@]2(C)CC=CCC2)c1)Nc1cccc(-c2cccc(C)c2)n1. The van der Waals surface area contributed by atoms with Crippen molar-refractivity contribution in [1.29, 1.82) is 0 Å². The largest absolute Gasteiger partial charge is 0.347 e. The van der Waals surface area contributed by atoms with Gasteiger partial charge in [-0.25, -0.2) is 4.98 Å². The lowest BCUT2D eigenvalue weighted by atomic mass is 9.87. The number of anilines is 1. The van der Waals surface area contributed by atoms with Crippen LogP contribution in [-0.2, 0) is 5.54 Å². The van der Waals surface area contributed by atoms with E-state index in [0.717, 1.165) is 30.5 Å². The van der Waals surface area contributed by atoms with Gasteiger partial charge in [0.05, 0.1) is 23.5 Å². The van der Waals surface area contributed by atoms with E-state index in [1.807, 2.05) is 48.8 Å². The molecule has 0 radical (unpaired) electrons. The molecule has 4 rings (SSSR count). The van der Waals surface area contributed by atoms with E-state index in [-0.39, 0.29) is 18.0 Å². The fourth-order valence-corrected chi connectivity index (χ4v) is 4.10. The van der Waals surface area contributed by atoms with Gasteiger partial charge in [0.15, 0.2) is 0 Å². The summed E-state index contributed by atoms with van der Waals surface area (Å²) < 4.78 is 2.16. The van der Waals surface area contributed by atoms with Gasteiger partial charge in [0.25, 0.3) is 5.91 Å². The first kappa shape index (κ1) is 22.4. The highest BCUT2D eigenvalue weighted by molar-refractivity contribution is 5.94. The first-order valence-electron chi connectivity index (χ1n) is 11.3. The number of hydrogen-bond donors (Lipinski definition) is 2. The number of amides is 1. The van der Waals surface area contributed by atoms with Crippen LogP contribution in [0.2, 0.25) is 0 Å². The van der Waals surface area contributed by atoms with E-state index >= 15 is 0 Å². The van der Waals surface area contributed by atoms with Crippen molar-refractivity contribution in [3.8, 4) is 11.3 Å². The Morgan fingerprint density at radius 1 is 1.21 bits per heavy atom. The van der Waals surface area contributed by atoms with Crippen molar-refractivity contribution in [1.82, 2.24) is 14.9 Å². The lowest BCUT2D eigenvalue weighted by molar-refractivity contribution is 0.0957. The molecule has 1 aliphatic carbocycles. The number of pyridine rings is 1. The normalized spacial score (nSPS) is 17.3. The second kappa shape index (κ2) is 9.76. The molecule has 0 saturated carbocycles. The number of aryl methyl sites for hydroxylation is 1. The predicted octanol–water partition coefficient (Wildman–Crippen LogP) is 5.82. The van der Waals surface area contributed by atoms with Crippen LogP contribution in [0.15, 0.2) is 91.1 Å². The van der Waals surface area contributed by atoms with Crippen molar-refractivity contribution < 1.29 is 4.79 Å². The number of allylic oxidation sites excluding steroid dienone is 2. The van der Waals surface area contributed by atoms with Crippen molar-refractivity contribution in [3.05, 3.63) is 102 Å². The molecular formula is C28H30N4O. The molecule has 0 saturated heterocycles. The van der Waals surface area contributed by atoms with E-state index in [1.54, 1.807) is 0 Å². The zero-order valence-corrected chi connectivity index (χ0v) is 19.3. The van der Waals surface area contributed by atoms with E-state index in [9.17, 15) is 4.79 Å². The number of nitrogens with zero attached hydrogens (tertiary/aromatic N) is 2. The van der Waals surface area contributed by atoms with Crippen LogP contribution < -0.4 is 10.6 Å². The molecule has 3 aromatic rings. The van der Waals surface area contributed by atoms with E-state index in [2.05, 4.69) is 65.6 Å². The summed E-state index contributed by atoms with van der Waals surface area (Å²) in [6.45, 7) is 8.34. The quantitative estimate of drug-likeness (QED) is 0.361. The molecule has 2 aromatic heterocycles. The van der Waals surface area contributed by atoms with Gasteiger partial charge in [0, 0.05) is 23.5 Å². The van der Waals surface area contributed by atoms with Gasteiger partial charge in [-0.2, -0.15) is 0 Å². The molecule has 1 atom stereocenters. The average molecular weight is 439 g/mol. The molecule has 0 aliphatic heterocycles. The van der Waals surface area contributed by atoms with Crippen LogP contribution in [0, 0.1) is 6.92 Å². The maximum atomic E-state index is 12.7. The number of carbonyl (C=O) groups excluding carboxylic acids is 1. The first-order valence-corrected chi connectivity index (χ1v) is 11.3. The summed E-state index contributed by atoms with van der Waals surface area (Å²) in [5.41, 5.74) is 7.32. The van der Waals surface area contributed by atoms with Crippen LogP contribution in [0.5, 0.6) is 0 Å². The van der Waals surface area contributed by atoms with Crippen LogP contribution in [0.1, 0.15) is 42.1 Å². The number of aromatic nitrogens is 2. The number of rotatable bonds is 7. The summed E-state index contributed by atoms with van der Waals surface area (Å²) in [5.74, 6) is 0.554. The molecule has 2 heterocycles. The number of hydrogen-bond acceptors (Lipinski definition) is 3. The van der Waals surface area contributed by atoms with E-state index in [0.29, 0.717) is 17.1 Å². The third-order valence-corrected chi connectivity index (χ3v) is 6.13. The lowest BCUT2D eigenvalue weighted by Crippen LogP contribution is -2.30. The molecule has 0 fully saturated rings. The van der Waals surface area contributed by atoms with E-state index in [1.165, 1.54) is 5.56 Å². The third kappa shape index (κ3) is 5.33. The van der Waals surface area contributed by atoms with Crippen LogP contribution in [0.25, 0.3) is 11.3 Å². The Balaban J connectivity index is 1.38. The Kier molecular flexibility index (Phi) is 6.62. The van der Waals surface area contributed by atoms with Crippen molar-refractivity contribution in [2.45, 2.75) is 38.6 Å². The first-order chi connectivity index (χ1) is 16.0. The van der Waals surface area contributed by atoms with E-state index < -0.39 is 0 Å². The molecular weight excluding hydrogens is 408 g/mol. The minimum Gasteiger partial charge on any atom is -0.347 e. The molecule has 5 nitrogen and oxygen atoms in total. The summed E-state index contributed by atoms with van der Waals surface area (Å²) in [6.07, 6.45) is 11.5. The van der Waals surface area contributed by atoms with Gasteiger partial charge in [-0.15, -0.1) is 5.73 Å². The second-order valence-electron chi connectivity index (χ2n) is 8.76. The molecule has 2 N–H and O–H groups in total. The number of benzene rings is 1. The van der Waals surface area contributed by atoms with Gasteiger partial charge in [-0.05, 0) is 57.4 Å². The van der Waals surface area contributed by atoms with Crippen molar-refractivity contribution in [3.63, 3.8) is 0 Å². The molecule has 5 heteroatoms. The minimum absolute atomic E-state index is 0.0228. The fourth-order valence-electron chi connectivity index (χ4n) is 4.10. The topological polar surface area (TPSA) is 59.0 Å². The van der Waals surface area contributed by atoms with Crippen LogP contribution in [0.4, 0.5) is 5.82 Å². The second-order valence-corrected chi connectivity index (χ2v) is 8.76. The molecule has 33 heavy (non-hydrogen) atoms. The maximum Gasteiger partial charge on any atom is 0.253 e. The van der Waals surface area contributed by atoms with E-state index in [4.69, 9.17) is 4.98 Å². The summed E-state index contributed by atoms with van der Waals surface area (Å²) in [7, 11) is 0. The smallest absolute Gasteiger partial charge is 0.253 e. The summed E-state index contributed by atoms with van der Waals surface area (Å²) in [5, 5.41) is 6.18. The Morgan fingerprint density at radius 3 is 2.82 bits per heavy atom. The van der Waals surface area contributed by atoms with Crippen LogP contribution >= 0.6 is 0 Å². The summed E-state index contributed by atoms with van der Waals surface area (Å²) >= 11 is 0. The number of nitrogens with one attached hydrogen (secondary N) is 2. The Morgan fingerprint density at radius 2 is 2.06 bits per heavy atom. The van der Waals surface area contributed by atoms with Gasteiger partial charge < -0.3 is 15.2 Å². The maximum absolute atomic E-state index is 12.7. The highest BCUT2D eigenvalue weighted by Gasteiger charge is 2.26. The van der Waals surface area contributed by atoms with Crippen LogP contribution in [0.3, 0.4) is 0 Å². The minimum atomic E-state index is -0.125. The average Bonchev–Trinajstić information content (AvgIpc) is 3.34. The standard InChI is InChI=1S/C28H30N4O/c1-4-24(30-26-13-9-12-25(31-26)22-11-8-10-21(2)18-22)19-29-27(33)23-14-17-32(20-23)28(3)15-6-5-7-16-28/h5-6,8-14,17-18,20H,1,7,15-16,19H2,2-3H3,(H,29,33)(H,30,31)/t28-/m0/s1. The molecule has 1 aromatic carbocycles. The highest BCUT2D eigenvalue weighted by Crippen LogP contribution is 2.31. The molecule has 0 unspecified atom stereocenters. The third-order valence-electron chi connectivity index (χ3n) is 6.13. The molecule has 1 aliphatic rings. The Hall–Kier alpha value is -3.82. The highest BCUT2D eigenvalue weighted by atomic mass is 16.1. The van der Waals surface area contributed by atoms with Crippen molar-refractivity contribution in [2.75, 3.05) is 11.9 Å². The zero-order valence-electron chi connectivity index (χ0n) is 19.3. The lowest BCUT2D eigenvalue weighted by Gasteiger charge is -2.32. The Labute approximate surface area is 195 Å². The van der Waals surface area contributed by atoms with Gasteiger partial charge in [0.2, 0.25) is 0 Å². The predicted molar refractivity (Wildman–Crippen MR) is 134 cm³/mol. The van der Waals surface area contributed by atoms with Gasteiger partial charge >= 0.3 is 0 Å². The van der Waals surface area contributed by atoms with Crippen molar-refractivity contribution in [2.24, 2.45) is 0 Å². The molecule has 1 amide bonds. The molecule has 0 bridgehead atoms. The van der Waals surface area contributed by atoms with Gasteiger partial charge in [0.1, 0.15) is 5.82 Å². The van der Waals surface area contributed by atoms with Gasteiger partial charge in [-0.1, -0.05) is 48.6 Å². The van der Waals surface area contributed by atoms with Gasteiger partial charge in [-0.3, -0.25) is 4.79 Å². The molecule has 0 spiro atoms. The van der Waals surface area contributed by atoms with Crippen molar-refractivity contribution >= 4 is 11.7 Å². The summed E-state index contributed by atoms with van der Waals surface area (Å²) in [6, 6.07) is 15.9. The van der Waals surface area contributed by atoms with Crippen LogP contribution in [-0.4, -0.2) is 22.0 Å². The fraction of sp³-hybridized carbons (Fsp3) is 0.250. The number of carbonyl (C=O) groups is 1. The summed E-state index contributed by atoms with van der Waals surface area (Å²) in [4.78, 5) is 17.4. The molecule has 168 valence electrons.